The van der Waals surface area contributed by atoms with Gasteiger partial charge in [0, 0.05) is 0 Å². The normalized spacial score (nSPS) is 13.5. The van der Waals surface area contributed by atoms with Gasteiger partial charge in [-0.2, -0.15) is 11.8 Å². The highest BCUT2D eigenvalue weighted by Crippen LogP contribution is 2.35. The number of hydrogen-bond acceptors (Lipinski definition) is 4. The molecule has 0 atom stereocenters. The number of carbonyl (C=O) groups excluding carboxylic acids is 1. The topological polar surface area (TPSA) is 66.8 Å². The van der Waals surface area contributed by atoms with Gasteiger partial charge >= 0.3 is 5.97 Å². The summed E-state index contributed by atoms with van der Waals surface area (Å²) in [6, 6.07) is 4.86. The lowest BCUT2D eigenvalue weighted by Gasteiger charge is -2.30. The molecule has 1 heterocycles. The maximum Gasteiger partial charge on any atom is 0.339 e. The lowest BCUT2D eigenvalue weighted by atomic mass is 10.1. The molecule has 114 valence electrons. The second-order valence-corrected chi connectivity index (χ2v) is 5.86. The first-order valence-electron chi connectivity index (χ1n) is 7.02. The number of fused-ring (bicyclic) bond motifs is 1. The van der Waals surface area contributed by atoms with E-state index in [0.29, 0.717) is 30.3 Å². The fourth-order valence-electron chi connectivity index (χ4n) is 2.16. The zero-order valence-corrected chi connectivity index (χ0v) is 12.8. The van der Waals surface area contributed by atoms with E-state index in [9.17, 15) is 14.7 Å². The number of nitrogens with zero attached hydrogens (tertiary/aromatic N) is 1. The van der Waals surface area contributed by atoms with Crippen LogP contribution in [0.1, 0.15) is 30.1 Å². The van der Waals surface area contributed by atoms with Gasteiger partial charge in [0.15, 0.2) is 5.75 Å². The van der Waals surface area contributed by atoms with Gasteiger partial charge in [-0.1, -0.05) is 19.4 Å². The van der Waals surface area contributed by atoms with Crippen LogP contribution in [0, 0.1) is 0 Å². The second-order valence-electron chi connectivity index (χ2n) is 4.76. The molecule has 1 aromatic rings. The van der Waals surface area contributed by atoms with E-state index in [2.05, 4.69) is 6.92 Å². The minimum atomic E-state index is -1.04. The molecule has 1 aliphatic rings. The van der Waals surface area contributed by atoms with Gasteiger partial charge in [-0.25, -0.2) is 4.79 Å². The molecule has 1 aromatic carbocycles. The molecule has 2 rings (SSSR count). The van der Waals surface area contributed by atoms with E-state index in [-0.39, 0.29) is 11.5 Å². The molecular formula is C15H19NO4S. The van der Waals surface area contributed by atoms with Crippen LogP contribution in [-0.4, -0.2) is 41.6 Å². The molecule has 5 nitrogen and oxygen atoms in total. The van der Waals surface area contributed by atoms with Crippen LogP contribution in [0.25, 0.3) is 0 Å². The van der Waals surface area contributed by atoms with Crippen molar-refractivity contribution in [2.45, 2.75) is 19.8 Å². The average Bonchev–Trinajstić information content (AvgIpc) is 2.50. The number of ether oxygens (including phenoxy) is 1. The number of anilines is 1. The van der Waals surface area contributed by atoms with E-state index < -0.39 is 5.97 Å². The summed E-state index contributed by atoms with van der Waals surface area (Å²) in [6.45, 7) is 2.90. The molecule has 0 radical (unpaired) electrons. The molecule has 0 fully saturated rings. The molecule has 0 spiro atoms. The minimum Gasteiger partial charge on any atom is -0.489 e. The fourth-order valence-corrected chi connectivity index (χ4v) is 3.13. The van der Waals surface area contributed by atoms with Crippen LogP contribution in [0.5, 0.6) is 5.75 Å². The van der Waals surface area contributed by atoms with Crippen LogP contribution in [0.4, 0.5) is 5.69 Å². The first-order valence-corrected chi connectivity index (χ1v) is 8.17. The van der Waals surface area contributed by atoms with E-state index in [4.69, 9.17) is 4.74 Å². The SMILES string of the molecule is CCCCSCC(=O)N1CCOc2c(C(=O)O)cccc21. The van der Waals surface area contributed by atoms with Crippen molar-refractivity contribution in [1.82, 2.24) is 0 Å². The number of aromatic carboxylic acids is 1. The Morgan fingerprint density at radius 3 is 2.95 bits per heavy atom. The smallest absolute Gasteiger partial charge is 0.339 e. The lowest BCUT2D eigenvalue weighted by molar-refractivity contribution is -0.116. The van der Waals surface area contributed by atoms with Crippen LogP contribution >= 0.6 is 11.8 Å². The van der Waals surface area contributed by atoms with E-state index >= 15 is 0 Å². The predicted octanol–water partition coefficient (Wildman–Crippen LogP) is 2.64. The Kier molecular flexibility index (Phi) is 5.50. The number of carbonyl (C=O) groups is 2. The predicted molar refractivity (Wildman–Crippen MR) is 83.5 cm³/mol. The summed E-state index contributed by atoms with van der Waals surface area (Å²) < 4.78 is 5.46. The zero-order chi connectivity index (χ0) is 15.2. The number of benzene rings is 1. The molecule has 0 saturated carbocycles. The van der Waals surface area contributed by atoms with E-state index in [0.717, 1.165) is 18.6 Å². The quantitative estimate of drug-likeness (QED) is 0.818. The minimum absolute atomic E-state index is 0.00296. The van der Waals surface area contributed by atoms with Gasteiger partial charge in [-0.15, -0.1) is 0 Å². The third-order valence-corrected chi connectivity index (χ3v) is 4.27. The highest BCUT2D eigenvalue weighted by atomic mass is 32.2. The molecule has 0 unspecified atom stereocenters. The van der Waals surface area contributed by atoms with Gasteiger partial charge < -0.3 is 14.7 Å². The molecule has 0 saturated heterocycles. The first kappa shape index (κ1) is 15.7. The summed E-state index contributed by atoms with van der Waals surface area (Å²) in [6.07, 6.45) is 2.21. The van der Waals surface area contributed by atoms with Gasteiger partial charge in [-0.3, -0.25) is 4.79 Å². The number of rotatable bonds is 6. The molecule has 0 aromatic heterocycles. The van der Waals surface area contributed by atoms with Crippen LogP contribution in [-0.2, 0) is 4.79 Å². The summed E-state index contributed by atoms with van der Waals surface area (Å²) >= 11 is 1.62. The van der Waals surface area contributed by atoms with Crippen molar-refractivity contribution >= 4 is 29.3 Å². The summed E-state index contributed by atoms with van der Waals surface area (Å²) in [7, 11) is 0. The number of hydrogen-bond donors (Lipinski definition) is 1. The number of carboxylic acid groups (broad SMARTS) is 1. The van der Waals surface area contributed by atoms with Gasteiger partial charge in [0.1, 0.15) is 12.2 Å². The number of unbranched alkanes of at least 4 members (excludes halogenated alkanes) is 1. The largest absolute Gasteiger partial charge is 0.489 e. The average molecular weight is 309 g/mol. The Morgan fingerprint density at radius 1 is 1.43 bits per heavy atom. The van der Waals surface area contributed by atoms with Crippen molar-refractivity contribution in [3.05, 3.63) is 23.8 Å². The zero-order valence-electron chi connectivity index (χ0n) is 12.0. The van der Waals surface area contributed by atoms with Crippen LogP contribution < -0.4 is 9.64 Å². The molecule has 1 N–H and O–H groups in total. The van der Waals surface area contributed by atoms with Crippen molar-refractivity contribution in [3.63, 3.8) is 0 Å². The number of thioether (sulfide) groups is 1. The summed E-state index contributed by atoms with van der Waals surface area (Å²) in [5.74, 6) is 0.635. The monoisotopic (exact) mass is 309 g/mol. The molecule has 21 heavy (non-hydrogen) atoms. The Bertz CT molecular complexity index is 532. The van der Waals surface area contributed by atoms with Gasteiger partial charge in [-0.05, 0) is 24.3 Å². The number of carboxylic acids is 1. The number of para-hydroxylation sites is 1. The second kappa shape index (κ2) is 7.36. The van der Waals surface area contributed by atoms with Crippen LogP contribution in [0.3, 0.4) is 0 Å². The molecule has 0 aliphatic carbocycles. The Balaban J connectivity index is 2.13. The molecular weight excluding hydrogens is 290 g/mol. The van der Waals surface area contributed by atoms with Crippen LogP contribution in [0.15, 0.2) is 18.2 Å². The highest BCUT2D eigenvalue weighted by Gasteiger charge is 2.27. The first-order chi connectivity index (χ1) is 10.1. The van der Waals surface area contributed by atoms with Crippen molar-refractivity contribution in [1.29, 1.82) is 0 Å². The van der Waals surface area contributed by atoms with Gasteiger partial charge in [0.05, 0.1) is 18.0 Å². The van der Waals surface area contributed by atoms with Crippen LogP contribution in [0.2, 0.25) is 0 Å². The molecule has 1 amide bonds. The maximum absolute atomic E-state index is 12.3. The van der Waals surface area contributed by atoms with Crippen molar-refractivity contribution < 1.29 is 19.4 Å². The van der Waals surface area contributed by atoms with Crippen molar-refractivity contribution in [2.24, 2.45) is 0 Å². The fraction of sp³-hybridized carbons (Fsp3) is 0.467. The van der Waals surface area contributed by atoms with Crippen molar-refractivity contribution in [2.75, 3.05) is 29.6 Å². The van der Waals surface area contributed by atoms with Gasteiger partial charge in [0.2, 0.25) is 5.91 Å². The third-order valence-electron chi connectivity index (χ3n) is 3.25. The molecule has 0 bridgehead atoms. The van der Waals surface area contributed by atoms with Crippen molar-refractivity contribution in [3.8, 4) is 5.75 Å². The summed E-state index contributed by atoms with van der Waals surface area (Å²) in [4.78, 5) is 25.1. The Hall–Kier alpha value is -1.69. The standard InChI is InChI=1S/C15H19NO4S/c1-2-3-9-21-10-13(17)16-7-8-20-14-11(15(18)19)5-4-6-12(14)16/h4-6H,2-3,7-10H2,1H3,(H,18,19). The number of amides is 1. The molecule has 6 heteroatoms. The Labute approximate surface area is 128 Å². The maximum atomic E-state index is 12.3. The lowest BCUT2D eigenvalue weighted by Crippen LogP contribution is -2.39. The van der Waals surface area contributed by atoms with E-state index in [1.807, 2.05) is 0 Å². The van der Waals surface area contributed by atoms with Gasteiger partial charge in [0.25, 0.3) is 0 Å². The Morgan fingerprint density at radius 2 is 2.24 bits per heavy atom. The highest BCUT2D eigenvalue weighted by molar-refractivity contribution is 7.99. The van der Waals surface area contributed by atoms with E-state index in [1.54, 1.807) is 28.8 Å². The van der Waals surface area contributed by atoms with E-state index in [1.165, 1.54) is 6.07 Å². The third kappa shape index (κ3) is 3.69. The molecule has 1 aliphatic heterocycles. The summed E-state index contributed by atoms with van der Waals surface area (Å²) in [5, 5.41) is 9.18. The summed E-state index contributed by atoms with van der Waals surface area (Å²) in [5.41, 5.74) is 0.658.